The van der Waals surface area contributed by atoms with Gasteiger partial charge in [0.15, 0.2) is 12.3 Å². The zero-order valence-corrected chi connectivity index (χ0v) is 15.7. The van der Waals surface area contributed by atoms with Crippen molar-refractivity contribution in [1.29, 1.82) is 0 Å². The second kappa shape index (κ2) is 7.83. The molecule has 26 heavy (non-hydrogen) atoms. The maximum absolute atomic E-state index is 11.8. The van der Waals surface area contributed by atoms with Crippen molar-refractivity contribution >= 4 is 17.4 Å². The van der Waals surface area contributed by atoms with Crippen molar-refractivity contribution in [3.8, 4) is 5.75 Å². The second-order valence-electron chi connectivity index (χ2n) is 7.03. The van der Waals surface area contributed by atoms with Crippen LogP contribution in [0.25, 0.3) is 0 Å². The van der Waals surface area contributed by atoms with Crippen molar-refractivity contribution in [2.75, 3.05) is 19.8 Å². The predicted octanol–water partition coefficient (Wildman–Crippen LogP) is 4.10. The average molecular weight is 352 g/mol. The van der Waals surface area contributed by atoms with Gasteiger partial charge in [-0.05, 0) is 26.0 Å². The molecule has 0 atom stereocenters. The van der Waals surface area contributed by atoms with Crippen LogP contribution in [0.1, 0.15) is 32.8 Å². The molecule has 136 valence electrons. The summed E-state index contributed by atoms with van der Waals surface area (Å²) in [4.78, 5) is 11.8. The molecule has 1 aliphatic heterocycles. The predicted molar refractivity (Wildman–Crippen MR) is 102 cm³/mol. The van der Waals surface area contributed by atoms with E-state index in [0.29, 0.717) is 19.0 Å². The Morgan fingerprint density at radius 2 is 1.69 bits per heavy atom. The van der Waals surface area contributed by atoms with E-state index in [4.69, 9.17) is 9.47 Å². The highest BCUT2D eigenvalue weighted by atomic mass is 16.5. The fourth-order valence-corrected chi connectivity index (χ4v) is 3.32. The number of carbonyl (C=O) groups excluding carboxylic acids is 1. The van der Waals surface area contributed by atoms with E-state index in [1.165, 1.54) is 17.0 Å². The third-order valence-electron chi connectivity index (χ3n) is 5.06. The van der Waals surface area contributed by atoms with Crippen LogP contribution in [0.3, 0.4) is 0 Å². The van der Waals surface area contributed by atoms with Crippen LogP contribution in [0.4, 0.5) is 5.69 Å². The molecule has 0 aromatic heterocycles. The molecule has 3 rings (SSSR count). The van der Waals surface area contributed by atoms with Crippen molar-refractivity contribution in [3.05, 3.63) is 60.2 Å². The van der Waals surface area contributed by atoms with Gasteiger partial charge in [-0.3, -0.25) is 4.79 Å². The van der Waals surface area contributed by atoms with E-state index in [0.717, 1.165) is 6.54 Å². The van der Waals surface area contributed by atoms with Crippen molar-refractivity contribution in [2.45, 2.75) is 32.6 Å². The number of nitrogens with zero attached hydrogens (tertiary/aromatic N) is 1. The largest absolute Gasteiger partial charge is 0.426 e. The highest BCUT2D eigenvalue weighted by Crippen LogP contribution is 2.38. The number of hydrogen-bond donors (Lipinski definition) is 0. The summed E-state index contributed by atoms with van der Waals surface area (Å²) < 4.78 is 13.2. The minimum absolute atomic E-state index is 0.0378. The first-order valence-corrected chi connectivity index (χ1v) is 9.04. The van der Waals surface area contributed by atoms with E-state index in [2.05, 4.69) is 49.6 Å². The van der Waals surface area contributed by atoms with Crippen LogP contribution in [0, 0.1) is 0 Å². The molecule has 0 unspecified atom stereocenters. The van der Waals surface area contributed by atoms with E-state index in [-0.39, 0.29) is 17.8 Å². The molecular formula is C22H26NO3+. The number of hydrogen-bond acceptors (Lipinski definition) is 3. The number of esters is 1. The Hall–Kier alpha value is -2.46. The lowest BCUT2D eigenvalue weighted by atomic mass is 9.82. The highest BCUT2D eigenvalue weighted by molar-refractivity contribution is 5.93. The number of carbonyl (C=O) groups is 1. The van der Waals surface area contributed by atoms with Gasteiger partial charge in [-0.1, -0.05) is 36.4 Å². The zero-order valence-electron chi connectivity index (χ0n) is 15.7. The zero-order chi connectivity index (χ0) is 18.6. The molecule has 0 aliphatic carbocycles. The van der Waals surface area contributed by atoms with Gasteiger partial charge >= 0.3 is 5.97 Å². The first-order chi connectivity index (χ1) is 12.5. The summed E-state index contributed by atoms with van der Waals surface area (Å²) in [5.74, 6) is 0.297. The first kappa shape index (κ1) is 18.3. The Kier molecular flexibility index (Phi) is 5.52. The number of benzene rings is 2. The van der Waals surface area contributed by atoms with Crippen LogP contribution >= 0.6 is 0 Å². The Bertz CT molecular complexity index is 809. The lowest BCUT2D eigenvalue weighted by molar-refractivity contribution is -0.443. The molecule has 1 heterocycles. The van der Waals surface area contributed by atoms with Crippen molar-refractivity contribution in [1.82, 2.24) is 0 Å². The van der Waals surface area contributed by atoms with E-state index in [9.17, 15) is 4.79 Å². The number of para-hydroxylation sites is 2. The van der Waals surface area contributed by atoms with Crippen LogP contribution < -0.4 is 4.74 Å². The number of rotatable bonds is 7. The Balaban J connectivity index is 1.47. The molecule has 0 spiro atoms. The molecule has 0 bridgehead atoms. The molecule has 4 nitrogen and oxygen atoms in total. The number of ether oxygens (including phenoxy) is 2. The standard InChI is InChI=1S/C22H26NO3/c1-17-22(2,3)19-11-7-8-12-20(19)23(17)14-16-25-15-13-21(24)26-18-9-5-4-6-10-18/h4-12H,13-16H2,1-3H3/q+1. The smallest absolute Gasteiger partial charge is 0.313 e. The van der Waals surface area contributed by atoms with E-state index in [1.807, 2.05) is 18.2 Å². The van der Waals surface area contributed by atoms with Crippen molar-refractivity contribution in [3.63, 3.8) is 0 Å². The molecule has 0 N–H and O–H groups in total. The fourth-order valence-electron chi connectivity index (χ4n) is 3.32. The lowest BCUT2D eigenvalue weighted by Gasteiger charge is -2.14. The van der Waals surface area contributed by atoms with Gasteiger partial charge in [0.25, 0.3) is 0 Å². The molecule has 0 saturated carbocycles. The van der Waals surface area contributed by atoms with Crippen LogP contribution in [-0.4, -0.2) is 36.0 Å². The van der Waals surface area contributed by atoms with Gasteiger partial charge in [-0.25, -0.2) is 0 Å². The lowest BCUT2D eigenvalue weighted by Crippen LogP contribution is -2.27. The maximum atomic E-state index is 11.8. The summed E-state index contributed by atoms with van der Waals surface area (Å²) in [6, 6.07) is 17.6. The molecule has 2 aromatic carbocycles. The molecule has 4 heteroatoms. The molecule has 0 radical (unpaired) electrons. The molecule has 0 fully saturated rings. The second-order valence-corrected chi connectivity index (χ2v) is 7.03. The Morgan fingerprint density at radius 3 is 2.46 bits per heavy atom. The quantitative estimate of drug-likeness (QED) is 0.326. The summed E-state index contributed by atoms with van der Waals surface area (Å²) >= 11 is 0. The SMILES string of the molecule is CC1=[N+](CCOCCC(=O)Oc2ccccc2)c2ccccc2C1(C)C. The topological polar surface area (TPSA) is 38.5 Å². The summed E-state index contributed by atoms with van der Waals surface area (Å²) in [6.45, 7) is 8.39. The van der Waals surface area contributed by atoms with E-state index < -0.39 is 0 Å². The number of fused-ring (bicyclic) bond motifs is 1. The summed E-state index contributed by atoms with van der Waals surface area (Å²) in [5.41, 5.74) is 3.97. The van der Waals surface area contributed by atoms with Crippen LogP contribution in [0.15, 0.2) is 54.6 Å². The molecule has 2 aromatic rings. The third kappa shape index (κ3) is 3.86. The Labute approximate surface area is 155 Å². The molecule has 0 amide bonds. The van der Waals surface area contributed by atoms with Crippen LogP contribution in [0.2, 0.25) is 0 Å². The normalized spacial score (nSPS) is 15.0. The van der Waals surface area contributed by atoms with Crippen molar-refractivity contribution in [2.24, 2.45) is 0 Å². The first-order valence-electron chi connectivity index (χ1n) is 9.04. The molecular weight excluding hydrogens is 326 g/mol. The van der Waals surface area contributed by atoms with Gasteiger partial charge in [0, 0.05) is 18.6 Å². The van der Waals surface area contributed by atoms with Gasteiger partial charge in [0.05, 0.1) is 18.4 Å². The summed E-state index contributed by atoms with van der Waals surface area (Å²) in [5, 5.41) is 0. The summed E-state index contributed by atoms with van der Waals surface area (Å²) in [7, 11) is 0. The molecule has 0 saturated heterocycles. The van der Waals surface area contributed by atoms with Gasteiger partial charge < -0.3 is 9.47 Å². The van der Waals surface area contributed by atoms with Crippen LogP contribution in [0.5, 0.6) is 5.75 Å². The maximum Gasteiger partial charge on any atom is 0.313 e. The van der Waals surface area contributed by atoms with Gasteiger partial charge in [-0.2, -0.15) is 4.58 Å². The summed E-state index contributed by atoms with van der Waals surface area (Å²) in [6.07, 6.45) is 0.250. The molecule has 1 aliphatic rings. The van der Waals surface area contributed by atoms with E-state index in [1.54, 1.807) is 12.1 Å². The van der Waals surface area contributed by atoms with Gasteiger partial charge in [0.1, 0.15) is 12.4 Å². The van der Waals surface area contributed by atoms with E-state index >= 15 is 0 Å². The fraction of sp³-hybridized carbons (Fsp3) is 0.364. The third-order valence-corrected chi connectivity index (χ3v) is 5.06. The van der Waals surface area contributed by atoms with Gasteiger partial charge in [0.2, 0.25) is 5.69 Å². The minimum Gasteiger partial charge on any atom is -0.426 e. The monoisotopic (exact) mass is 352 g/mol. The van der Waals surface area contributed by atoms with Crippen LogP contribution in [-0.2, 0) is 14.9 Å². The average Bonchev–Trinajstić information content (AvgIpc) is 2.83. The Morgan fingerprint density at radius 1 is 1.00 bits per heavy atom. The highest BCUT2D eigenvalue weighted by Gasteiger charge is 2.42. The van der Waals surface area contributed by atoms with Gasteiger partial charge in [-0.15, -0.1) is 0 Å². The minimum atomic E-state index is -0.272. The van der Waals surface area contributed by atoms with Crippen molar-refractivity contribution < 1.29 is 18.8 Å².